The zero-order valence-electron chi connectivity index (χ0n) is 11.7. The predicted octanol–water partition coefficient (Wildman–Crippen LogP) is 1.37. The number of carbonyl (C=O) groups excluding carboxylic acids is 1. The third-order valence-corrected chi connectivity index (χ3v) is 3.45. The van der Waals surface area contributed by atoms with Crippen LogP contribution in [0.1, 0.15) is 21.5 Å². The summed E-state index contributed by atoms with van der Waals surface area (Å²) in [6.45, 7) is 9.06. The second kappa shape index (κ2) is 6.68. The molecule has 1 N–H and O–H groups in total. The molecule has 1 fully saturated rings. The van der Waals surface area contributed by atoms with Crippen LogP contribution in [0.5, 0.6) is 0 Å². The van der Waals surface area contributed by atoms with Gasteiger partial charge in [-0.15, -0.1) is 0 Å². The minimum atomic E-state index is 0.0226. The molecular formula is C15H22N2O2. The van der Waals surface area contributed by atoms with E-state index >= 15 is 0 Å². The first-order valence-electron chi connectivity index (χ1n) is 6.82. The lowest BCUT2D eigenvalue weighted by atomic mass is 10.1. The molecule has 1 aromatic carbocycles. The van der Waals surface area contributed by atoms with Gasteiger partial charge in [-0.3, -0.25) is 9.69 Å². The number of hydrogen-bond donors (Lipinski definition) is 1. The van der Waals surface area contributed by atoms with Gasteiger partial charge in [-0.2, -0.15) is 0 Å². The number of nitrogens with zero attached hydrogens (tertiary/aromatic N) is 1. The molecule has 0 bridgehead atoms. The summed E-state index contributed by atoms with van der Waals surface area (Å²) in [6, 6.07) is 5.96. The fourth-order valence-corrected chi connectivity index (χ4v) is 2.23. The second-order valence-corrected chi connectivity index (χ2v) is 5.03. The van der Waals surface area contributed by atoms with Crippen LogP contribution >= 0.6 is 0 Å². The number of hydrogen-bond acceptors (Lipinski definition) is 3. The normalized spacial score (nSPS) is 16.3. The van der Waals surface area contributed by atoms with E-state index in [1.807, 2.05) is 32.0 Å². The van der Waals surface area contributed by atoms with E-state index in [4.69, 9.17) is 4.74 Å². The third kappa shape index (κ3) is 4.04. The highest BCUT2D eigenvalue weighted by molar-refractivity contribution is 5.95. The molecular weight excluding hydrogens is 240 g/mol. The average Bonchev–Trinajstić information content (AvgIpc) is 2.42. The SMILES string of the molecule is Cc1ccc(C)c(C(=O)NCCN2CCOCC2)c1. The molecule has 0 saturated carbocycles. The van der Waals surface area contributed by atoms with Crippen molar-refractivity contribution in [2.45, 2.75) is 13.8 Å². The van der Waals surface area contributed by atoms with Gasteiger partial charge in [0.15, 0.2) is 0 Å². The van der Waals surface area contributed by atoms with Crippen molar-refractivity contribution >= 4 is 5.91 Å². The number of aryl methyl sites for hydroxylation is 2. The molecule has 0 aliphatic carbocycles. The van der Waals surface area contributed by atoms with Gasteiger partial charge in [-0.25, -0.2) is 0 Å². The van der Waals surface area contributed by atoms with Crippen molar-refractivity contribution < 1.29 is 9.53 Å². The Bertz CT molecular complexity index is 440. The molecule has 104 valence electrons. The van der Waals surface area contributed by atoms with Crippen LogP contribution in [-0.2, 0) is 4.74 Å². The number of nitrogens with one attached hydrogen (secondary N) is 1. The molecule has 1 heterocycles. The van der Waals surface area contributed by atoms with Crippen molar-refractivity contribution in [1.82, 2.24) is 10.2 Å². The smallest absolute Gasteiger partial charge is 0.251 e. The monoisotopic (exact) mass is 262 g/mol. The molecule has 1 saturated heterocycles. The van der Waals surface area contributed by atoms with Gasteiger partial charge < -0.3 is 10.1 Å². The highest BCUT2D eigenvalue weighted by atomic mass is 16.5. The topological polar surface area (TPSA) is 41.6 Å². The zero-order chi connectivity index (χ0) is 13.7. The van der Waals surface area contributed by atoms with E-state index < -0.39 is 0 Å². The predicted molar refractivity (Wildman–Crippen MR) is 75.5 cm³/mol. The molecule has 1 amide bonds. The molecule has 2 rings (SSSR count). The van der Waals surface area contributed by atoms with E-state index in [1.165, 1.54) is 0 Å². The highest BCUT2D eigenvalue weighted by Crippen LogP contribution is 2.10. The lowest BCUT2D eigenvalue weighted by Gasteiger charge is -2.26. The Hall–Kier alpha value is -1.39. The molecule has 0 aromatic heterocycles. The zero-order valence-corrected chi connectivity index (χ0v) is 11.7. The molecule has 0 spiro atoms. The Morgan fingerprint density at radius 1 is 1.32 bits per heavy atom. The summed E-state index contributed by atoms with van der Waals surface area (Å²) in [4.78, 5) is 14.4. The summed E-state index contributed by atoms with van der Waals surface area (Å²) in [7, 11) is 0. The fraction of sp³-hybridized carbons (Fsp3) is 0.533. The van der Waals surface area contributed by atoms with Crippen molar-refractivity contribution in [2.75, 3.05) is 39.4 Å². The number of benzene rings is 1. The number of rotatable bonds is 4. The standard InChI is InChI=1S/C15H22N2O2/c1-12-3-4-13(2)14(11-12)15(18)16-5-6-17-7-9-19-10-8-17/h3-4,11H,5-10H2,1-2H3,(H,16,18). The van der Waals surface area contributed by atoms with Gasteiger partial charge in [0.2, 0.25) is 0 Å². The molecule has 1 aliphatic heterocycles. The van der Waals surface area contributed by atoms with Crippen LogP contribution in [-0.4, -0.2) is 50.2 Å². The van der Waals surface area contributed by atoms with Gasteiger partial charge in [0, 0.05) is 31.7 Å². The van der Waals surface area contributed by atoms with E-state index in [0.29, 0.717) is 6.54 Å². The minimum absolute atomic E-state index is 0.0226. The molecule has 0 atom stereocenters. The molecule has 0 unspecified atom stereocenters. The van der Waals surface area contributed by atoms with E-state index in [0.717, 1.165) is 49.5 Å². The Kier molecular flexibility index (Phi) is 4.93. The summed E-state index contributed by atoms with van der Waals surface area (Å²) in [6.07, 6.45) is 0. The molecule has 4 heteroatoms. The van der Waals surface area contributed by atoms with Crippen LogP contribution < -0.4 is 5.32 Å². The van der Waals surface area contributed by atoms with Crippen LogP contribution in [0.4, 0.5) is 0 Å². The number of morpholine rings is 1. The van der Waals surface area contributed by atoms with Crippen molar-refractivity contribution in [3.63, 3.8) is 0 Å². The lowest BCUT2D eigenvalue weighted by molar-refractivity contribution is 0.0383. The second-order valence-electron chi connectivity index (χ2n) is 5.03. The van der Waals surface area contributed by atoms with E-state index in [1.54, 1.807) is 0 Å². The summed E-state index contributed by atoms with van der Waals surface area (Å²) in [5, 5.41) is 2.99. The molecule has 1 aliphatic rings. The van der Waals surface area contributed by atoms with Gasteiger partial charge in [0.05, 0.1) is 13.2 Å². The molecule has 0 radical (unpaired) electrons. The number of amides is 1. The highest BCUT2D eigenvalue weighted by Gasteiger charge is 2.12. The van der Waals surface area contributed by atoms with E-state index in [9.17, 15) is 4.79 Å². The number of ether oxygens (including phenoxy) is 1. The largest absolute Gasteiger partial charge is 0.379 e. The Balaban J connectivity index is 1.82. The average molecular weight is 262 g/mol. The van der Waals surface area contributed by atoms with Crippen molar-refractivity contribution in [3.05, 3.63) is 34.9 Å². The first-order chi connectivity index (χ1) is 9.16. The van der Waals surface area contributed by atoms with Gasteiger partial charge in [0.25, 0.3) is 5.91 Å². The van der Waals surface area contributed by atoms with Gasteiger partial charge >= 0.3 is 0 Å². The Morgan fingerprint density at radius 3 is 2.79 bits per heavy atom. The maximum atomic E-state index is 12.1. The summed E-state index contributed by atoms with van der Waals surface area (Å²) >= 11 is 0. The molecule has 1 aromatic rings. The fourth-order valence-electron chi connectivity index (χ4n) is 2.23. The maximum absolute atomic E-state index is 12.1. The first-order valence-corrected chi connectivity index (χ1v) is 6.82. The van der Waals surface area contributed by atoms with E-state index in [2.05, 4.69) is 10.2 Å². The van der Waals surface area contributed by atoms with Gasteiger partial charge in [0.1, 0.15) is 0 Å². The van der Waals surface area contributed by atoms with Crippen molar-refractivity contribution in [1.29, 1.82) is 0 Å². The van der Waals surface area contributed by atoms with Crippen LogP contribution in [0.25, 0.3) is 0 Å². The van der Waals surface area contributed by atoms with Crippen molar-refractivity contribution in [2.24, 2.45) is 0 Å². The van der Waals surface area contributed by atoms with Crippen LogP contribution in [0.15, 0.2) is 18.2 Å². The minimum Gasteiger partial charge on any atom is -0.379 e. The van der Waals surface area contributed by atoms with Crippen LogP contribution in [0, 0.1) is 13.8 Å². The number of carbonyl (C=O) groups is 1. The van der Waals surface area contributed by atoms with Crippen molar-refractivity contribution in [3.8, 4) is 0 Å². The quantitative estimate of drug-likeness (QED) is 0.891. The first kappa shape index (κ1) is 14.0. The third-order valence-electron chi connectivity index (χ3n) is 3.45. The van der Waals surface area contributed by atoms with Gasteiger partial charge in [-0.1, -0.05) is 17.7 Å². The Morgan fingerprint density at radius 2 is 2.05 bits per heavy atom. The molecule has 19 heavy (non-hydrogen) atoms. The van der Waals surface area contributed by atoms with Crippen LogP contribution in [0.2, 0.25) is 0 Å². The summed E-state index contributed by atoms with van der Waals surface area (Å²) in [5.41, 5.74) is 2.92. The molecule has 4 nitrogen and oxygen atoms in total. The lowest BCUT2D eigenvalue weighted by Crippen LogP contribution is -2.41. The Labute approximate surface area is 114 Å². The summed E-state index contributed by atoms with van der Waals surface area (Å²) < 4.78 is 5.30. The van der Waals surface area contributed by atoms with Crippen LogP contribution in [0.3, 0.4) is 0 Å². The van der Waals surface area contributed by atoms with Gasteiger partial charge in [-0.05, 0) is 25.5 Å². The van der Waals surface area contributed by atoms with E-state index in [-0.39, 0.29) is 5.91 Å². The summed E-state index contributed by atoms with van der Waals surface area (Å²) in [5.74, 6) is 0.0226. The maximum Gasteiger partial charge on any atom is 0.251 e.